The second-order valence-electron chi connectivity index (χ2n) is 8.09. The van der Waals surface area contributed by atoms with E-state index in [4.69, 9.17) is 4.42 Å². The number of hydrogen-bond acceptors (Lipinski definition) is 5. The largest absolute Gasteiger partial charge is 0.459 e. The third kappa shape index (κ3) is 3.61. The molecule has 1 amide bonds. The zero-order valence-electron chi connectivity index (χ0n) is 17.1. The number of amides is 1. The molecule has 2 unspecified atom stereocenters. The second-order valence-corrected chi connectivity index (χ2v) is 9.66. The van der Waals surface area contributed by atoms with Crippen molar-refractivity contribution in [3.63, 3.8) is 0 Å². The van der Waals surface area contributed by atoms with Crippen molar-refractivity contribution in [3.05, 3.63) is 65.9 Å². The van der Waals surface area contributed by atoms with E-state index in [2.05, 4.69) is 9.71 Å². The van der Waals surface area contributed by atoms with E-state index >= 15 is 0 Å². The van der Waals surface area contributed by atoms with Gasteiger partial charge in [-0.1, -0.05) is 30.3 Å². The van der Waals surface area contributed by atoms with E-state index in [1.165, 1.54) is 0 Å². The standard InChI is InChI=1S/C23H23N3O4S/c1-15(20-13-16-7-2-4-10-19(16)30-20)24-23(27)17-8-6-12-26(14-17)22-18-9-3-5-11-21(18)31(28,29)25-22/h2-5,7,9-11,13,15,17H,6,8,12,14H2,1H3,(H,24,27). The fourth-order valence-electron chi connectivity index (χ4n) is 4.32. The lowest BCUT2D eigenvalue weighted by Gasteiger charge is -2.33. The van der Waals surface area contributed by atoms with Crippen molar-refractivity contribution in [1.82, 2.24) is 10.2 Å². The van der Waals surface area contributed by atoms with Crippen LogP contribution in [0.25, 0.3) is 11.0 Å². The molecule has 1 aromatic heterocycles. The number of nitrogens with one attached hydrogen (secondary N) is 1. The summed E-state index contributed by atoms with van der Waals surface area (Å²) in [4.78, 5) is 15.1. The number of nitrogens with zero attached hydrogens (tertiary/aromatic N) is 2. The summed E-state index contributed by atoms with van der Waals surface area (Å²) in [6.07, 6.45) is 1.54. The third-order valence-corrected chi connectivity index (χ3v) is 7.26. The summed E-state index contributed by atoms with van der Waals surface area (Å²) in [7, 11) is -3.68. The molecule has 0 radical (unpaired) electrons. The Morgan fingerprint density at radius 1 is 1.19 bits per heavy atom. The molecule has 3 heterocycles. The minimum atomic E-state index is -3.68. The van der Waals surface area contributed by atoms with Gasteiger partial charge < -0.3 is 14.6 Å². The first-order valence-corrected chi connectivity index (χ1v) is 11.8. The SMILES string of the molecule is CC(NC(=O)C1CCCN(C2=NS(=O)(=O)c3ccccc32)C1)c1cc2ccccc2o1. The fraction of sp³-hybridized carbons (Fsp3) is 0.304. The van der Waals surface area contributed by atoms with Crippen LogP contribution in [0.2, 0.25) is 0 Å². The molecule has 2 atom stereocenters. The first-order valence-electron chi connectivity index (χ1n) is 10.4. The van der Waals surface area contributed by atoms with Crippen molar-refractivity contribution < 1.29 is 17.6 Å². The van der Waals surface area contributed by atoms with E-state index in [1.54, 1.807) is 24.3 Å². The Labute approximate surface area is 180 Å². The Bertz CT molecular complexity index is 1260. The molecule has 0 aliphatic carbocycles. The zero-order chi connectivity index (χ0) is 21.6. The van der Waals surface area contributed by atoms with Crippen LogP contribution in [-0.4, -0.2) is 38.2 Å². The number of hydrogen-bond donors (Lipinski definition) is 1. The van der Waals surface area contributed by atoms with Crippen molar-refractivity contribution in [2.45, 2.75) is 30.7 Å². The summed E-state index contributed by atoms with van der Waals surface area (Å²) >= 11 is 0. The van der Waals surface area contributed by atoms with Crippen LogP contribution in [0.1, 0.15) is 37.1 Å². The number of benzene rings is 2. The Kier molecular flexibility index (Phi) is 4.81. The highest BCUT2D eigenvalue weighted by Crippen LogP contribution is 2.30. The predicted molar refractivity (Wildman–Crippen MR) is 117 cm³/mol. The quantitative estimate of drug-likeness (QED) is 0.677. The smallest absolute Gasteiger partial charge is 0.285 e. The first kappa shape index (κ1) is 19.8. The Balaban J connectivity index is 1.31. The van der Waals surface area contributed by atoms with Gasteiger partial charge in [-0.2, -0.15) is 8.42 Å². The summed E-state index contributed by atoms with van der Waals surface area (Å²) in [5.74, 6) is 0.840. The van der Waals surface area contributed by atoms with Crippen molar-refractivity contribution in [3.8, 4) is 0 Å². The molecular formula is C23H23N3O4S. The lowest BCUT2D eigenvalue weighted by Crippen LogP contribution is -2.45. The Morgan fingerprint density at radius 3 is 2.81 bits per heavy atom. The highest BCUT2D eigenvalue weighted by molar-refractivity contribution is 7.90. The van der Waals surface area contributed by atoms with E-state index < -0.39 is 10.0 Å². The van der Waals surface area contributed by atoms with Crippen molar-refractivity contribution in [2.24, 2.45) is 10.3 Å². The molecule has 160 valence electrons. The molecule has 0 spiro atoms. The van der Waals surface area contributed by atoms with Gasteiger partial charge in [-0.3, -0.25) is 4.79 Å². The number of rotatable bonds is 3. The third-order valence-electron chi connectivity index (χ3n) is 5.93. The molecule has 1 saturated heterocycles. The Morgan fingerprint density at radius 2 is 1.97 bits per heavy atom. The van der Waals surface area contributed by atoms with E-state index in [0.29, 0.717) is 30.2 Å². The van der Waals surface area contributed by atoms with E-state index in [1.807, 2.05) is 42.2 Å². The number of likely N-dealkylation sites (tertiary alicyclic amines) is 1. The van der Waals surface area contributed by atoms with E-state index in [9.17, 15) is 13.2 Å². The molecule has 0 bridgehead atoms. The van der Waals surface area contributed by atoms with Gasteiger partial charge in [0, 0.05) is 24.0 Å². The average Bonchev–Trinajstić information content (AvgIpc) is 3.33. The summed E-state index contributed by atoms with van der Waals surface area (Å²) < 4.78 is 34.7. The molecule has 2 aliphatic rings. The fourth-order valence-corrected chi connectivity index (χ4v) is 5.55. The molecule has 7 nitrogen and oxygen atoms in total. The summed E-state index contributed by atoms with van der Waals surface area (Å²) in [6, 6.07) is 16.3. The number of para-hydroxylation sites is 1. The number of furan rings is 1. The van der Waals surface area contributed by atoms with Crippen LogP contribution in [0.3, 0.4) is 0 Å². The predicted octanol–water partition coefficient (Wildman–Crippen LogP) is 3.47. The maximum absolute atomic E-state index is 13.0. The Hall–Kier alpha value is -3.13. The summed E-state index contributed by atoms with van der Waals surface area (Å²) in [6.45, 7) is 3.01. The van der Waals surface area contributed by atoms with Gasteiger partial charge in [0.15, 0.2) is 5.84 Å². The number of amidine groups is 1. The molecule has 3 aromatic rings. The monoisotopic (exact) mass is 437 g/mol. The van der Waals surface area contributed by atoms with Gasteiger partial charge in [-0.15, -0.1) is 4.40 Å². The van der Waals surface area contributed by atoms with Crippen LogP contribution in [0.4, 0.5) is 0 Å². The van der Waals surface area contributed by atoms with Gasteiger partial charge in [0.25, 0.3) is 10.0 Å². The van der Waals surface area contributed by atoms with Crippen LogP contribution < -0.4 is 5.32 Å². The lowest BCUT2D eigenvalue weighted by atomic mass is 9.96. The second kappa shape index (κ2) is 7.53. The van der Waals surface area contributed by atoms with E-state index in [-0.39, 0.29) is 22.8 Å². The van der Waals surface area contributed by atoms with Crippen molar-refractivity contribution in [1.29, 1.82) is 0 Å². The lowest BCUT2D eigenvalue weighted by molar-refractivity contribution is -0.127. The van der Waals surface area contributed by atoms with Crippen LogP contribution in [0.15, 0.2) is 68.3 Å². The minimum absolute atomic E-state index is 0.0626. The number of carbonyl (C=O) groups is 1. The van der Waals surface area contributed by atoms with Gasteiger partial charge >= 0.3 is 0 Å². The highest BCUT2D eigenvalue weighted by Gasteiger charge is 2.35. The molecule has 2 aromatic carbocycles. The van der Waals surface area contributed by atoms with Crippen molar-refractivity contribution >= 4 is 32.7 Å². The van der Waals surface area contributed by atoms with Crippen LogP contribution in [0.5, 0.6) is 0 Å². The van der Waals surface area contributed by atoms with Crippen LogP contribution >= 0.6 is 0 Å². The van der Waals surface area contributed by atoms with Crippen molar-refractivity contribution in [2.75, 3.05) is 13.1 Å². The molecular weight excluding hydrogens is 414 g/mol. The maximum atomic E-state index is 13.0. The van der Waals surface area contributed by atoms with Gasteiger partial charge in [-0.25, -0.2) is 0 Å². The first-order chi connectivity index (χ1) is 14.9. The van der Waals surface area contributed by atoms with Crippen LogP contribution in [-0.2, 0) is 14.8 Å². The molecule has 5 rings (SSSR count). The minimum Gasteiger partial charge on any atom is -0.459 e. The number of piperidine rings is 1. The summed E-state index contributed by atoms with van der Waals surface area (Å²) in [5, 5.41) is 4.06. The normalized spacial score (nSPS) is 20.9. The number of fused-ring (bicyclic) bond motifs is 2. The van der Waals surface area contributed by atoms with Gasteiger partial charge in [-0.05, 0) is 44.0 Å². The van der Waals surface area contributed by atoms with Gasteiger partial charge in [0.05, 0.1) is 12.0 Å². The molecule has 1 fully saturated rings. The van der Waals surface area contributed by atoms with Crippen LogP contribution in [0, 0.1) is 5.92 Å². The summed E-state index contributed by atoms with van der Waals surface area (Å²) in [5.41, 5.74) is 1.40. The molecule has 31 heavy (non-hydrogen) atoms. The number of carbonyl (C=O) groups excluding carboxylic acids is 1. The molecule has 1 N–H and O–H groups in total. The van der Waals surface area contributed by atoms with Gasteiger partial charge in [0.1, 0.15) is 16.2 Å². The molecule has 2 aliphatic heterocycles. The zero-order valence-corrected chi connectivity index (χ0v) is 17.9. The van der Waals surface area contributed by atoms with Gasteiger partial charge in [0.2, 0.25) is 5.91 Å². The highest BCUT2D eigenvalue weighted by atomic mass is 32.2. The molecule has 0 saturated carbocycles. The average molecular weight is 438 g/mol. The number of sulfonamides is 1. The van der Waals surface area contributed by atoms with E-state index in [0.717, 1.165) is 23.8 Å². The topological polar surface area (TPSA) is 92.0 Å². The molecule has 8 heteroatoms. The maximum Gasteiger partial charge on any atom is 0.285 e.